The predicted molar refractivity (Wildman–Crippen MR) is 51.9 cm³/mol. The van der Waals surface area contributed by atoms with Crippen molar-refractivity contribution in [1.29, 1.82) is 0 Å². The van der Waals surface area contributed by atoms with Crippen LogP contribution in [0.2, 0.25) is 0 Å². The van der Waals surface area contributed by atoms with Gasteiger partial charge in [-0.2, -0.15) is 0 Å². The van der Waals surface area contributed by atoms with Crippen LogP contribution >= 0.6 is 11.6 Å². The molecule has 3 nitrogen and oxygen atoms in total. The van der Waals surface area contributed by atoms with Gasteiger partial charge in [-0.3, -0.25) is 9.69 Å². The average molecular weight is 204 g/mol. The van der Waals surface area contributed by atoms with Crippen LogP contribution in [0.5, 0.6) is 0 Å². The number of ether oxygens (including phenoxy) is 1. The highest BCUT2D eigenvalue weighted by Gasteiger charge is 2.18. The van der Waals surface area contributed by atoms with Crippen LogP contribution in [-0.2, 0) is 9.53 Å². The van der Waals surface area contributed by atoms with Crippen molar-refractivity contribution >= 4 is 16.8 Å². The number of hydrogen-bond acceptors (Lipinski definition) is 3. The van der Waals surface area contributed by atoms with Crippen LogP contribution in [0, 0.1) is 0 Å². The Morgan fingerprint density at radius 1 is 1.77 bits per heavy atom. The van der Waals surface area contributed by atoms with Crippen molar-refractivity contribution in [2.75, 3.05) is 26.8 Å². The van der Waals surface area contributed by atoms with E-state index in [4.69, 9.17) is 16.3 Å². The van der Waals surface area contributed by atoms with Crippen LogP contribution in [0.3, 0.4) is 0 Å². The van der Waals surface area contributed by atoms with Crippen molar-refractivity contribution in [2.45, 2.75) is 12.5 Å². The first-order valence-corrected chi connectivity index (χ1v) is 4.72. The maximum atomic E-state index is 10.4. The molecule has 1 aliphatic rings. The molecule has 1 heterocycles. The van der Waals surface area contributed by atoms with Gasteiger partial charge in [-0.05, 0) is 31.1 Å². The van der Waals surface area contributed by atoms with Gasteiger partial charge in [0.05, 0.1) is 6.61 Å². The average Bonchev–Trinajstić information content (AvgIpc) is 2.55. The number of hydrogen-bond donors (Lipinski definition) is 0. The van der Waals surface area contributed by atoms with Crippen molar-refractivity contribution in [3.05, 3.63) is 12.2 Å². The van der Waals surface area contributed by atoms with Gasteiger partial charge in [-0.1, -0.05) is 6.08 Å². The minimum absolute atomic E-state index is 0.420. The maximum absolute atomic E-state index is 10.4. The predicted octanol–water partition coefficient (Wildman–Crippen LogP) is 1.03. The van der Waals surface area contributed by atoms with Gasteiger partial charge in [-0.25, -0.2) is 0 Å². The quantitative estimate of drug-likeness (QED) is 0.505. The van der Waals surface area contributed by atoms with Gasteiger partial charge in [0, 0.05) is 19.2 Å². The van der Waals surface area contributed by atoms with Crippen LogP contribution in [0.1, 0.15) is 6.42 Å². The number of rotatable bonds is 4. The molecule has 0 unspecified atom stereocenters. The zero-order valence-electron chi connectivity index (χ0n) is 7.70. The second kappa shape index (κ2) is 5.37. The van der Waals surface area contributed by atoms with Crippen LogP contribution in [0.25, 0.3) is 0 Å². The lowest BCUT2D eigenvalue weighted by Gasteiger charge is -2.20. The highest BCUT2D eigenvalue weighted by atomic mass is 35.5. The highest BCUT2D eigenvalue weighted by Crippen LogP contribution is 2.09. The highest BCUT2D eigenvalue weighted by molar-refractivity contribution is 6.66. The van der Waals surface area contributed by atoms with Crippen molar-refractivity contribution in [3.63, 3.8) is 0 Å². The normalized spacial score (nSPS) is 23.2. The molecule has 0 amide bonds. The van der Waals surface area contributed by atoms with Gasteiger partial charge in [0.15, 0.2) is 0 Å². The van der Waals surface area contributed by atoms with Crippen molar-refractivity contribution in [1.82, 2.24) is 4.90 Å². The zero-order valence-corrected chi connectivity index (χ0v) is 8.46. The summed E-state index contributed by atoms with van der Waals surface area (Å²) in [6, 6.07) is 0.482. The number of carbonyl (C=O) groups excluding carboxylic acids is 1. The number of halogens is 1. The summed E-state index contributed by atoms with van der Waals surface area (Å²) in [5, 5.41) is -0.420. The van der Waals surface area contributed by atoms with Crippen LogP contribution in [-0.4, -0.2) is 43.0 Å². The molecule has 1 fully saturated rings. The van der Waals surface area contributed by atoms with E-state index in [1.54, 1.807) is 6.08 Å². The van der Waals surface area contributed by atoms with Crippen LogP contribution in [0.4, 0.5) is 0 Å². The molecule has 0 aliphatic carbocycles. The minimum atomic E-state index is -0.420. The SMILES string of the molecule is CN(CC=CC(=O)Cl)[C@@H]1CCOC1. The van der Waals surface area contributed by atoms with Gasteiger partial charge in [0.2, 0.25) is 5.24 Å². The lowest BCUT2D eigenvalue weighted by atomic mass is 10.2. The molecular weight excluding hydrogens is 190 g/mol. The molecule has 0 aromatic rings. The number of carbonyl (C=O) groups is 1. The van der Waals surface area contributed by atoms with E-state index in [9.17, 15) is 4.79 Å². The first-order chi connectivity index (χ1) is 6.20. The second-order valence-electron chi connectivity index (χ2n) is 3.16. The molecule has 0 bridgehead atoms. The summed E-state index contributed by atoms with van der Waals surface area (Å²) in [4.78, 5) is 12.5. The maximum Gasteiger partial charge on any atom is 0.244 e. The summed E-state index contributed by atoms with van der Waals surface area (Å²) in [7, 11) is 2.02. The van der Waals surface area contributed by atoms with Crippen molar-refractivity contribution in [2.24, 2.45) is 0 Å². The molecule has 0 saturated carbocycles. The lowest BCUT2D eigenvalue weighted by molar-refractivity contribution is -0.107. The van der Waals surface area contributed by atoms with E-state index in [1.807, 2.05) is 7.05 Å². The molecule has 1 aliphatic heterocycles. The third-order valence-corrected chi connectivity index (χ3v) is 2.30. The van der Waals surface area contributed by atoms with Gasteiger partial charge < -0.3 is 4.74 Å². The van der Waals surface area contributed by atoms with Crippen molar-refractivity contribution in [3.8, 4) is 0 Å². The van der Waals surface area contributed by atoms with Gasteiger partial charge in [0.25, 0.3) is 0 Å². The van der Waals surface area contributed by atoms with Crippen molar-refractivity contribution < 1.29 is 9.53 Å². The smallest absolute Gasteiger partial charge is 0.244 e. The summed E-state index contributed by atoms with van der Waals surface area (Å²) >= 11 is 5.15. The number of likely N-dealkylation sites (N-methyl/N-ethyl adjacent to an activating group) is 1. The van der Waals surface area contributed by atoms with Gasteiger partial charge >= 0.3 is 0 Å². The van der Waals surface area contributed by atoms with Gasteiger partial charge in [-0.15, -0.1) is 0 Å². The standard InChI is InChI=1S/C9H14ClNO2/c1-11(5-2-3-9(10)12)8-4-6-13-7-8/h2-3,8H,4-7H2,1H3/t8-/m1/s1. The largest absolute Gasteiger partial charge is 0.380 e. The molecule has 4 heteroatoms. The summed E-state index contributed by atoms with van der Waals surface area (Å²) in [6.45, 7) is 2.37. The Morgan fingerprint density at radius 3 is 3.08 bits per heavy atom. The number of allylic oxidation sites excluding steroid dienone is 1. The fraction of sp³-hybridized carbons (Fsp3) is 0.667. The Morgan fingerprint density at radius 2 is 2.54 bits per heavy atom. The van der Waals surface area contributed by atoms with E-state index in [0.29, 0.717) is 6.04 Å². The summed E-state index contributed by atoms with van der Waals surface area (Å²) < 4.78 is 5.25. The van der Waals surface area contributed by atoms with Gasteiger partial charge in [0.1, 0.15) is 0 Å². The van der Waals surface area contributed by atoms with Crippen LogP contribution < -0.4 is 0 Å². The third kappa shape index (κ3) is 3.89. The van der Waals surface area contributed by atoms with E-state index in [0.717, 1.165) is 26.2 Å². The van der Waals surface area contributed by atoms with E-state index in [-0.39, 0.29) is 0 Å². The molecule has 0 aromatic heterocycles. The van der Waals surface area contributed by atoms with E-state index >= 15 is 0 Å². The molecule has 0 radical (unpaired) electrons. The van der Waals surface area contributed by atoms with E-state index < -0.39 is 5.24 Å². The topological polar surface area (TPSA) is 29.5 Å². The minimum Gasteiger partial charge on any atom is -0.380 e. The Labute approximate surface area is 83.3 Å². The van der Waals surface area contributed by atoms with E-state index in [1.165, 1.54) is 6.08 Å². The third-order valence-electron chi connectivity index (χ3n) is 2.17. The lowest BCUT2D eigenvalue weighted by Crippen LogP contribution is -2.31. The number of nitrogens with zero attached hydrogens (tertiary/aromatic N) is 1. The summed E-state index contributed by atoms with van der Waals surface area (Å²) in [6.07, 6.45) is 4.22. The first-order valence-electron chi connectivity index (χ1n) is 4.34. The molecule has 74 valence electrons. The Balaban J connectivity index is 2.23. The van der Waals surface area contributed by atoms with Crippen LogP contribution in [0.15, 0.2) is 12.2 Å². The molecule has 0 spiro atoms. The molecule has 1 atom stereocenters. The molecular formula is C9H14ClNO2. The Bertz CT molecular complexity index is 200. The summed E-state index contributed by atoms with van der Waals surface area (Å²) in [5.41, 5.74) is 0. The molecule has 13 heavy (non-hydrogen) atoms. The second-order valence-corrected chi connectivity index (χ2v) is 3.54. The first kappa shape index (κ1) is 10.7. The molecule has 0 N–H and O–H groups in total. The fourth-order valence-corrected chi connectivity index (χ4v) is 1.42. The fourth-order valence-electron chi connectivity index (χ4n) is 1.33. The Kier molecular flexibility index (Phi) is 4.42. The molecule has 1 rings (SSSR count). The monoisotopic (exact) mass is 203 g/mol. The summed E-state index contributed by atoms with van der Waals surface area (Å²) in [5.74, 6) is 0. The molecule has 1 saturated heterocycles. The molecule has 0 aromatic carbocycles. The Hall–Kier alpha value is -0.380. The van der Waals surface area contributed by atoms with E-state index in [2.05, 4.69) is 4.90 Å². The zero-order chi connectivity index (χ0) is 9.68.